The first kappa shape index (κ1) is 61.0. The summed E-state index contributed by atoms with van der Waals surface area (Å²) in [6, 6.07) is 4.15. The van der Waals surface area contributed by atoms with Gasteiger partial charge < -0.3 is 85.6 Å². The number of nitrogens with two attached hydrogens (primary N) is 2. The summed E-state index contributed by atoms with van der Waals surface area (Å²) in [4.78, 5) is 64.6. The fourth-order valence-corrected chi connectivity index (χ4v) is 13.5. The molecule has 22 nitrogen and oxygen atoms in total. The number of amides is 5. The van der Waals surface area contributed by atoms with Gasteiger partial charge in [0.2, 0.25) is 11.8 Å². The molecule has 9 rings (SSSR count). The minimum absolute atomic E-state index is 0.000137. The normalized spacial score (nSPS) is 37.0. The number of anilines is 1. The highest BCUT2D eigenvalue weighted by atomic mass is 16.7. The molecule has 10 unspecified atom stereocenters. The number of hydrogen-bond acceptors (Lipinski definition) is 17. The third-order valence-corrected chi connectivity index (χ3v) is 18.0. The van der Waals surface area contributed by atoms with Crippen molar-refractivity contribution in [1.82, 2.24) is 16.0 Å². The van der Waals surface area contributed by atoms with Crippen LogP contribution in [0.2, 0.25) is 0 Å². The number of aliphatic hydroxyl groups is 2. The van der Waals surface area contributed by atoms with E-state index in [2.05, 4.69) is 41.3 Å². The lowest BCUT2D eigenvalue weighted by Crippen LogP contribution is -2.58. The molecule has 8 fully saturated rings. The molecule has 0 aromatic heterocycles. The standard InChI is InChI=1S/C59H88N6O16/c1-30(2)51(60)56(70)65-42(8-7-19-62-57(61)71)55(69)64-35-11-9-34(10-12-35)29-74-58(72)63-28-37(67)24-48-52(73-6)41-23-36(66)22-39-14-16-45-54(77-39)50-26-49(78-45)53-43(68)27-59(80-50,81-53)18-17-40-21-32(4)44(75-40)15-13-38-20-31(3)33(5)46(76-38)25-47(41)79-48/h9-12,30-31,37-54,67-68H,4-5,7-8,13-29,60H2,1-3,6H3,(H,63,72)(H,64,69)(H,65,70)(H3,61,62,71)/t31-,37?,38+,39?,40?,41?,42?,43-,44?,45?,46?,47+,48-,49-,50?,51+,52-,53?,54+,59-/m1/s1. The van der Waals surface area contributed by atoms with Gasteiger partial charge in [0.15, 0.2) is 5.79 Å². The smallest absolute Gasteiger partial charge is 0.407 e. The lowest BCUT2D eigenvalue weighted by atomic mass is 9.81. The van der Waals surface area contributed by atoms with Crippen molar-refractivity contribution in [3.63, 3.8) is 0 Å². The molecule has 10 bridgehead atoms. The minimum atomic E-state index is -1.07. The van der Waals surface area contributed by atoms with E-state index >= 15 is 0 Å². The number of nitrogens with one attached hydrogen (secondary N) is 4. The molecule has 10 N–H and O–H groups in total. The van der Waals surface area contributed by atoms with E-state index < -0.39 is 90.5 Å². The Kier molecular flexibility index (Phi) is 20.3. The third kappa shape index (κ3) is 15.2. The largest absolute Gasteiger partial charge is 0.445 e. The first-order valence-corrected chi connectivity index (χ1v) is 29.5. The van der Waals surface area contributed by atoms with Crippen molar-refractivity contribution in [2.75, 3.05) is 25.5 Å². The number of urea groups is 1. The number of methoxy groups -OCH3 is 1. The molecule has 81 heavy (non-hydrogen) atoms. The number of hydrogen-bond donors (Lipinski definition) is 8. The Morgan fingerprint density at radius 1 is 0.827 bits per heavy atom. The molecule has 450 valence electrons. The molecule has 8 aliphatic rings. The predicted octanol–water partition coefficient (Wildman–Crippen LogP) is 4.24. The van der Waals surface area contributed by atoms with Crippen LogP contribution >= 0.6 is 0 Å². The Morgan fingerprint density at radius 2 is 1.58 bits per heavy atom. The monoisotopic (exact) mass is 1140 g/mol. The summed E-state index contributed by atoms with van der Waals surface area (Å²) in [7, 11) is 1.59. The summed E-state index contributed by atoms with van der Waals surface area (Å²) < 4.78 is 59.0. The maximum absolute atomic E-state index is 14.4. The number of ketones is 1. The fourth-order valence-electron chi connectivity index (χ4n) is 13.5. The lowest BCUT2D eigenvalue weighted by Gasteiger charge is -2.47. The highest BCUT2D eigenvalue weighted by Crippen LogP contribution is 2.49. The lowest BCUT2D eigenvalue weighted by molar-refractivity contribution is -0.277. The number of rotatable bonds is 16. The van der Waals surface area contributed by atoms with Gasteiger partial charge in [0.1, 0.15) is 30.6 Å². The van der Waals surface area contributed by atoms with E-state index in [9.17, 15) is 34.2 Å². The Bertz CT molecular complexity index is 2400. The number of carbonyl (C=O) groups excluding carboxylic acids is 5. The van der Waals surface area contributed by atoms with Crippen LogP contribution in [0, 0.1) is 17.8 Å². The number of carbonyl (C=O) groups is 5. The molecule has 8 heterocycles. The maximum atomic E-state index is 14.4. The molecule has 0 saturated carbocycles. The molecular formula is C59H88N6O16. The number of aliphatic hydroxyl groups excluding tert-OH is 2. The highest BCUT2D eigenvalue weighted by Gasteiger charge is 2.60. The molecule has 1 spiro atoms. The zero-order valence-corrected chi connectivity index (χ0v) is 47.5. The van der Waals surface area contributed by atoms with Gasteiger partial charge in [-0.15, -0.1) is 0 Å². The Balaban J connectivity index is 0.817. The number of primary amides is 1. The Labute approximate surface area is 475 Å². The van der Waals surface area contributed by atoms with Crippen molar-refractivity contribution >= 4 is 35.4 Å². The van der Waals surface area contributed by atoms with E-state index in [1.807, 2.05) is 0 Å². The number of fused-ring (bicyclic) bond motifs is 9. The van der Waals surface area contributed by atoms with Crippen molar-refractivity contribution < 1.29 is 76.8 Å². The number of Topliss-reactive ketones (excluding diaryl/α,β-unsaturated/α-hetero) is 1. The number of alkyl carbamates (subject to hydrolysis) is 1. The molecular weight excluding hydrogens is 1050 g/mol. The van der Waals surface area contributed by atoms with E-state index in [1.54, 1.807) is 45.2 Å². The van der Waals surface area contributed by atoms with Crippen molar-refractivity contribution in [2.24, 2.45) is 29.2 Å². The van der Waals surface area contributed by atoms with E-state index in [-0.39, 0.29) is 112 Å². The zero-order chi connectivity index (χ0) is 57.7. The van der Waals surface area contributed by atoms with Gasteiger partial charge in [0, 0.05) is 76.8 Å². The van der Waals surface area contributed by atoms with E-state index in [0.717, 1.165) is 36.8 Å². The summed E-state index contributed by atoms with van der Waals surface area (Å²) >= 11 is 0. The SMILES string of the molecule is C=C1CC2CC[C@]34C[C@@H](O)C(O3)[C@H]3CC(O4)[C@H]4OC(CCC4O3)CC(=O)CC3[C@H](CC4O[C@@H](CCC1O2)C[C@@H](C)C4=C)O[C@H](CC(O)CNC(=O)OCc1ccc(NC(=O)C(CCCNC(N)=O)NC(=O)[C@@H](N)C(C)C)cc1)[C@@H]3OC. The second-order valence-corrected chi connectivity index (χ2v) is 24.4. The minimum Gasteiger partial charge on any atom is -0.445 e. The maximum Gasteiger partial charge on any atom is 0.407 e. The van der Waals surface area contributed by atoms with Crippen molar-refractivity contribution in [2.45, 2.75) is 240 Å². The van der Waals surface area contributed by atoms with Crippen LogP contribution in [-0.2, 0) is 63.6 Å². The van der Waals surface area contributed by atoms with Crippen LogP contribution in [0.25, 0.3) is 0 Å². The van der Waals surface area contributed by atoms with Gasteiger partial charge in [-0.25, -0.2) is 9.59 Å². The molecule has 22 heteroatoms. The van der Waals surface area contributed by atoms with Crippen molar-refractivity contribution in [3.8, 4) is 0 Å². The van der Waals surface area contributed by atoms with Gasteiger partial charge in [0.05, 0.1) is 85.4 Å². The van der Waals surface area contributed by atoms with Gasteiger partial charge in [0.25, 0.3) is 0 Å². The average Bonchev–Trinajstić information content (AvgIpc) is 4.21. The average molecular weight is 1140 g/mol. The van der Waals surface area contributed by atoms with Gasteiger partial charge >= 0.3 is 12.1 Å². The Morgan fingerprint density at radius 3 is 2.33 bits per heavy atom. The van der Waals surface area contributed by atoms with Crippen molar-refractivity contribution in [1.29, 1.82) is 0 Å². The topological polar surface area (TPSA) is 309 Å². The number of benzene rings is 1. The van der Waals surface area contributed by atoms with E-state index in [0.29, 0.717) is 62.6 Å². The van der Waals surface area contributed by atoms with Crippen LogP contribution in [0.15, 0.2) is 48.6 Å². The Hall–Kier alpha value is -4.59. The molecule has 1 aromatic rings. The molecule has 1 aromatic carbocycles. The van der Waals surface area contributed by atoms with Crippen LogP contribution in [0.4, 0.5) is 15.3 Å². The molecule has 0 radical (unpaired) electrons. The van der Waals surface area contributed by atoms with Crippen LogP contribution in [-0.4, -0.2) is 170 Å². The summed E-state index contributed by atoms with van der Waals surface area (Å²) in [6.07, 6.45) is 0.680. The van der Waals surface area contributed by atoms with Gasteiger partial charge in [-0.3, -0.25) is 14.4 Å². The highest BCUT2D eigenvalue weighted by molar-refractivity contribution is 5.97. The molecule has 0 aliphatic carbocycles. The van der Waals surface area contributed by atoms with Crippen LogP contribution in [0.5, 0.6) is 0 Å². The van der Waals surface area contributed by atoms with Gasteiger partial charge in [-0.1, -0.05) is 46.1 Å². The van der Waals surface area contributed by atoms with Gasteiger partial charge in [-0.05, 0) is 98.5 Å². The summed E-state index contributed by atoms with van der Waals surface area (Å²) in [5.74, 6) is -2.36. The quantitative estimate of drug-likeness (QED) is 0.0848. The molecule has 20 atom stereocenters. The zero-order valence-electron chi connectivity index (χ0n) is 47.5. The first-order valence-electron chi connectivity index (χ1n) is 29.5. The molecule has 8 aliphatic heterocycles. The van der Waals surface area contributed by atoms with Crippen molar-refractivity contribution in [3.05, 3.63) is 54.1 Å². The summed E-state index contributed by atoms with van der Waals surface area (Å²) in [5.41, 5.74) is 14.3. The predicted molar refractivity (Wildman–Crippen MR) is 294 cm³/mol. The number of ether oxygens (including phenoxy) is 9. The summed E-state index contributed by atoms with van der Waals surface area (Å²) in [6.45, 7) is 14.6. The van der Waals surface area contributed by atoms with E-state index in [1.165, 1.54) is 0 Å². The first-order chi connectivity index (χ1) is 38.7. The van der Waals surface area contributed by atoms with Crippen LogP contribution < -0.4 is 32.7 Å². The second-order valence-electron chi connectivity index (χ2n) is 24.4. The second kappa shape index (κ2) is 27.0. The molecule has 8 saturated heterocycles. The van der Waals surface area contributed by atoms with Crippen LogP contribution in [0.3, 0.4) is 0 Å². The third-order valence-electron chi connectivity index (χ3n) is 18.0. The van der Waals surface area contributed by atoms with Crippen LogP contribution in [0.1, 0.15) is 129 Å². The molecule has 5 amide bonds. The fraction of sp³-hybridized carbons (Fsp3) is 0.746. The van der Waals surface area contributed by atoms with E-state index in [4.69, 9.17) is 54.1 Å². The van der Waals surface area contributed by atoms with Gasteiger partial charge in [-0.2, -0.15) is 0 Å². The summed E-state index contributed by atoms with van der Waals surface area (Å²) in [5, 5.41) is 33.3.